The Morgan fingerprint density at radius 2 is 1.72 bits per heavy atom. The molecule has 1 aromatic heterocycles. The summed E-state index contributed by atoms with van der Waals surface area (Å²) in [6, 6.07) is 3.24. The van der Waals surface area contributed by atoms with Crippen molar-refractivity contribution in [1.82, 2.24) is 15.0 Å². The van der Waals surface area contributed by atoms with Gasteiger partial charge in [-0.15, -0.1) is 0 Å². The molecule has 0 saturated carbocycles. The summed E-state index contributed by atoms with van der Waals surface area (Å²) in [5, 5.41) is 14.8. The number of hydrazone groups is 1. The Kier molecular flexibility index (Phi) is 6.31. The minimum absolute atomic E-state index is 0.0577. The lowest BCUT2D eigenvalue weighted by molar-refractivity contribution is 0.122. The van der Waals surface area contributed by atoms with Crippen molar-refractivity contribution in [2.45, 2.75) is 12.8 Å². The molecular formula is C18H21BrClN7O2. The molecule has 2 N–H and O–H groups in total. The van der Waals surface area contributed by atoms with E-state index in [9.17, 15) is 5.11 Å². The second kappa shape index (κ2) is 9.10. The molecule has 3 heterocycles. The number of nitrogens with zero attached hydrogens (tertiary/aromatic N) is 6. The second-order valence-corrected chi connectivity index (χ2v) is 8.04. The van der Waals surface area contributed by atoms with Crippen LogP contribution in [0, 0.1) is 0 Å². The van der Waals surface area contributed by atoms with Gasteiger partial charge in [-0.2, -0.15) is 20.1 Å². The number of rotatable bonds is 5. The fourth-order valence-corrected chi connectivity index (χ4v) is 4.05. The number of aromatic hydroxyl groups is 1. The van der Waals surface area contributed by atoms with Crippen LogP contribution < -0.4 is 15.2 Å². The predicted octanol–water partition coefficient (Wildman–Crippen LogP) is 2.88. The van der Waals surface area contributed by atoms with Crippen molar-refractivity contribution >= 4 is 51.6 Å². The molecule has 9 nitrogen and oxygen atoms in total. The minimum Gasteiger partial charge on any atom is -0.506 e. The molecule has 2 aliphatic rings. The van der Waals surface area contributed by atoms with Gasteiger partial charge in [0.15, 0.2) is 0 Å². The van der Waals surface area contributed by atoms with E-state index in [1.165, 1.54) is 6.21 Å². The van der Waals surface area contributed by atoms with Gasteiger partial charge in [0.2, 0.25) is 17.8 Å². The van der Waals surface area contributed by atoms with Crippen LogP contribution in [0.3, 0.4) is 0 Å². The molecule has 0 radical (unpaired) electrons. The zero-order valence-electron chi connectivity index (χ0n) is 15.7. The Hall–Kier alpha value is -2.17. The molecule has 29 heavy (non-hydrogen) atoms. The molecule has 2 saturated heterocycles. The molecule has 2 aromatic rings. The van der Waals surface area contributed by atoms with E-state index in [1.54, 1.807) is 12.1 Å². The first-order chi connectivity index (χ1) is 14.1. The normalized spacial score (nSPS) is 17.3. The number of phenols is 1. The number of hydrogen-bond acceptors (Lipinski definition) is 9. The van der Waals surface area contributed by atoms with E-state index < -0.39 is 0 Å². The van der Waals surface area contributed by atoms with Crippen molar-refractivity contribution in [3.63, 3.8) is 0 Å². The number of nitrogens with one attached hydrogen (secondary N) is 1. The summed E-state index contributed by atoms with van der Waals surface area (Å²) < 4.78 is 5.92. The summed E-state index contributed by atoms with van der Waals surface area (Å²) in [5.41, 5.74) is 3.33. The third-order valence-electron chi connectivity index (χ3n) is 4.72. The topological polar surface area (TPSA) is 99.0 Å². The molecule has 0 spiro atoms. The Balaban J connectivity index is 1.57. The monoisotopic (exact) mass is 481 g/mol. The number of hydrogen-bond donors (Lipinski definition) is 2. The second-order valence-electron chi connectivity index (χ2n) is 6.75. The van der Waals surface area contributed by atoms with Crippen LogP contribution in [0.1, 0.15) is 18.4 Å². The Labute approximate surface area is 181 Å². The van der Waals surface area contributed by atoms with Gasteiger partial charge in [0.25, 0.3) is 0 Å². The molecule has 0 aliphatic carbocycles. The molecule has 0 amide bonds. The van der Waals surface area contributed by atoms with Crippen molar-refractivity contribution < 1.29 is 9.84 Å². The summed E-state index contributed by atoms with van der Waals surface area (Å²) in [6.07, 6.45) is 3.73. The standard InChI is InChI=1S/C18H21BrClN7O2/c19-14-10-13(20)9-12(15(14)28)11-21-25-16-22-17(26-3-1-2-4-26)24-18(23-16)27-5-7-29-8-6-27/h9-11,28H,1-8H2,(H,22,23,24,25). The van der Waals surface area contributed by atoms with Gasteiger partial charge in [0.05, 0.1) is 23.9 Å². The molecule has 1 aromatic carbocycles. The maximum Gasteiger partial charge on any atom is 0.250 e. The molecule has 4 rings (SSSR count). The summed E-state index contributed by atoms with van der Waals surface area (Å²) >= 11 is 9.30. The van der Waals surface area contributed by atoms with E-state index in [4.69, 9.17) is 16.3 Å². The predicted molar refractivity (Wildman–Crippen MR) is 116 cm³/mol. The Bertz CT molecular complexity index is 902. The molecule has 0 bridgehead atoms. The van der Waals surface area contributed by atoms with Crippen LogP contribution in [0.15, 0.2) is 21.7 Å². The summed E-state index contributed by atoms with van der Waals surface area (Å²) in [5.74, 6) is 1.66. The van der Waals surface area contributed by atoms with Crippen LogP contribution >= 0.6 is 27.5 Å². The van der Waals surface area contributed by atoms with Gasteiger partial charge in [-0.05, 0) is 40.9 Å². The fraction of sp³-hybridized carbons (Fsp3) is 0.444. The van der Waals surface area contributed by atoms with Crippen molar-refractivity contribution in [2.75, 3.05) is 54.6 Å². The number of phenolic OH excluding ortho intramolecular Hbond substituents is 1. The van der Waals surface area contributed by atoms with E-state index in [0.717, 1.165) is 39.0 Å². The van der Waals surface area contributed by atoms with Crippen molar-refractivity contribution in [1.29, 1.82) is 0 Å². The molecule has 2 aliphatic heterocycles. The average molecular weight is 483 g/mol. The van der Waals surface area contributed by atoms with Gasteiger partial charge in [-0.3, -0.25) is 0 Å². The largest absolute Gasteiger partial charge is 0.506 e. The minimum atomic E-state index is 0.0577. The highest BCUT2D eigenvalue weighted by molar-refractivity contribution is 9.10. The van der Waals surface area contributed by atoms with Crippen molar-refractivity contribution in [2.24, 2.45) is 5.10 Å². The highest BCUT2D eigenvalue weighted by Crippen LogP contribution is 2.30. The average Bonchev–Trinajstić information content (AvgIpc) is 3.27. The van der Waals surface area contributed by atoms with Crippen LogP contribution in [-0.2, 0) is 4.74 Å². The highest BCUT2D eigenvalue weighted by Gasteiger charge is 2.21. The fourth-order valence-electron chi connectivity index (χ4n) is 3.21. The van der Waals surface area contributed by atoms with Gasteiger partial charge in [-0.1, -0.05) is 11.6 Å². The number of halogens is 2. The van der Waals surface area contributed by atoms with Crippen LogP contribution in [0.2, 0.25) is 5.02 Å². The molecule has 0 unspecified atom stereocenters. The molecule has 2 fully saturated rings. The number of benzene rings is 1. The molecule has 11 heteroatoms. The summed E-state index contributed by atoms with van der Waals surface area (Å²) in [7, 11) is 0. The van der Waals surface area contributed by atoms with Gasteiger partial charge >= 0.3 is 0 Å². The summed E-state index contributed by atoms with van der Waals surface area (Å²) in [6.45, 7) is 4.62. The van der Waals surface area contributed by atoms with Gasteiger partial charge < -0.3 is 19.6 Å². The maximum absolute atomic E-state index is 10.1. The third kappa shape index (κ3) is 4.88. The maximum atomic E-state index is 10.1. The van der Waals surface area contributed by atoms with E-state index in [2.05, 4.69) is 51.2 Å². The number of anilines is 3. The van der Waals surface area contributed by atoms with E-state index >= 15 is 0 Å². The SMILES string of the molecule is Oc1c(Br)cc(Cl)cc1C=NNc1nc(N2CCCC2)nc(N2CCOCC2)n1. The quantitative estimate of drug-likeness (QED) is 0.496. The van der Waals surface area contributed by atoms with Crippen LogP contribution in [-0.4, -0.2) is 65.7 Å². The van der Waals surface area contributed by atoms with Gasteiger partial charge in [0, 0.05) is 36.8 Å². The highest BCUT2D eigenvalue weighted by atomic mass is 79.9. The van der Waals surface area contributed by atoms with Crippen LogP contribution in [0.4, 0.5) is 17.8 Å². The first-order valence-corrected chi connectivity index (χ1v) is 10.6. The Morgan fingerprint density at radius 3 is 2.41 bits per heavy atom. The van der Waals surface area contributed by atoms with Gasteiger partial charge in [0.1, 0.15) is 5.75 Å². The first kappa shape index (κ1) is 20.1. The van der Waals surface area contributed by atoms with Crippen molar-refractivity contribution in [3.8, 4) is 5.75 Å². The lowest BCUT2D eigenvalue weighted by atomic mass is 10.2. The molecular weight excluding hydrogens is 462 g/mol. The van der Waals surface area contributed by atoms with E-state index in [0.29, 0.717) is 46.1 Å². The van der Waals surface area contributed by atoms with E-state index in [1.807, 2.05) is 0 Å². The smallest absolute Gasteiger partial charge is 0.250 e. The third-order valence-corrected chi connectivity index (χ3v) is 5.54. The number of aromatic nitrogens is 3. The molecule has 0 atom stereocenters. The van der Waals surface area contributed by atoms with Crippen molar-refractivity contribution in [3.05, 3.63) is 27.2 Å². The lowest BCUT2D eigenvalue weighted by Gasteiger charge is -2.27. The van der Waals surface area contributed by atoms with Gasteiger partial charge in [-0.25, -0.2) is 5.43 Å². The Morgan fingerprint density at radius 1 is 1.07 bits per heavy atom. The first-order valence-electron chi connectivity index (χ1n) is 9.41. The zero-order chi connectivity index (χ0) is 20.2. The zero-order valence-corrected chi connectivity index (χ0v) is 18.0. The van der Waals surface area contributed by atoms with E-state index in [-0.39, 0.29) is 5.75 Å². The number of morpholine rings is 1. The van der Waals surface area contributed by atoms with Crippen LogP contribution in [0.25, 0.3) is 0 Å². The molecule has 154 valence electrons. The number of ether oxygens (including phenoxy) is 1. The van der Waals surface area contributed by atoms with Crippen LogP contribution in [0.5, 0.6) is 5.75 Å². The lowest BCUT2D eigenvalue weighted by Crippen LogP contribution is -2.38. The summed E-state index contributed by atoms with van der Waals surface area (Å²) in [4.78, 5) is 17.9.